The summed E-state index contributed by atoms with van der Waals surface area (Å²) in [5.74, 6) is 1.01. The number of hydrogen-bond acceptors (Lipinski definition) is 2. The van der Waals surface area contributed by atoms with E-state index in [1.165, 1.54) is 51.7 Å². The lowest BCUT2D eigenvalue weighted by molar-refractivity contribution is 0.0621. The Hall–Kier alpha value is -0.0800. The Morgan fingerprint density at radius 1 is 1.19 bits per heavy atom. The molecule has 1 saturated heterocycles. The highest BCUT2D eigenvalue weighted by Gasteiger charge is 2.42. The van der Waals surface area contributed by atoms with Crippen molar-refractivity contribution in [3.05, 3.63) is 0 Å². The number of nitrogens with one attached hydrogen (secondary N) is 1. The van der Waals surface area contributed by atoms with Crippen molar-refractivity contribution >= 4 is 0 Å². The summed E-state index contributed by atoms with van der Waals surface area (Å²) in [7, 11) is 0. The highest BCUT2D eigenvalue weighted by Crippen LogP contribution is 2.38. The largest absolute Gasteiger partial charge is 0.308 e. The molecule has 2 heteroatoms. The maximum atomic E-state index is 3.85. The van der Waals surface area contributed by atoms with Crippen LogP contribution in [0.2, 0.25) is 0 Å². The van der Waals surface area contributed by atoms with E-state index in [-0.39, 0.29) is 0 Å². The summed E-state index contributed by atoms with van der Waals surface area (Å²) in [5.41, 5.74) is 0.403. The molecule has 1 aliphatic carbocycles. The van der Waals surface area contributed by atoms with E-state index in [1.807, 2.05) is 0 Å². The molecule has 0 aromatic rings. The highest BCUT2D eigenvalue weighted by atomic mass is 15.3. The zero-order chi connectivity index (χ0) is 11.6. The third kappa shape index (κ3) is 2.43. The summed E-state index contributed by atoms with van der Waals surface area (Å²) in [6.45, 7) is 10.8. The summed E-state index contributed by atoms with van der Waals surface area (Å²) in [4.78, 5) is 2.78. The molecule has 1 N–H and O–H groups in total. The summed E-state index contributed by atoms with van der Waals surface area (Å²) >= 11 is 0. The molecule has 0 bridgehead atoms. The van der Waals surface area contributed by atoms with Crippen molar-refractivity contribution in [3.8, 4) is 0 Å². The number of hydrogen-bond donors (Lipinski definition) is 1. The molecular formula is C14H28N2. The smallest absolute Gasteiger partial charge is 0.0304 e. The van der Waals surface area contributed by atoms with Crippen molar-refractivity contribution in [2.75, 3.05) is 19.6 Å². The average molecular weight is 224 g/mol. The van der Waals surface area contributed by atoms with Gasteiger partial charge in [0.15, 0.2) is 0 Å². The lowest BCUT2D eigenvalue weighted by atomic mass is 9.87. The molecule has 1 atom stereocenters. The van der Waals surface area contributed by atoms with Crippen LogP contribution in [0.1, 0.15) is 52.9 Å². The Kier molecular flexibility index (Phi) is 3.91. The lowest BCUT2D eigenvalue weighted by Gasteiger charge is -2.48. The van der Waals surface area contributed by atoms with Gasteiger partial charge in [-0.1, -0.05) is 20.8 Å². The fourth-order valence-corrected chi connectivity index (χ4v) is 3.21. The fourth-order valence-electron chi connectivity index (χ4n) is 3.21. The van der Waals surface area contributed by atoms with Gasteiger partial charge >= 0.3 is 0 Å². The van der Waals surface area contributed by atoms with E-state index in [9.17, 15) is 0 Å². The standard InChI is InChI=1S/C14H28N2/c1-4-9-16-11-14(5-2,6-3)15-10-13(16)12-7-8-12/h12-13,15H,4-11H2,1-3H3. The SMILES string of the molecule is CCCN1CC(CC)(CC)NCC1C1CC1. The van der Waals surface area contributed by atoms with Crippen LogP contribution in [-0.4, -0.2) is 36.1 Å². The number of piperazine rings is 1. The Morgan fingerprint density at radius 2 is 1.88 bits per heavy atom. The second-order valence-corrected chi connectivity index (χ2v) is 5.74. The zero-order valence-corrected chi connectivity index (χ0v) is 11.3. The number of nitrogens with zero attached hydrogens (tertiary/aromatic N) is 1. The summed E-state index contributed by atoms with van der Waals surface area (Å²) < 4.78 is 0. The molecule has 1 heterocycles. The second-order valence-electron chi connectivity index (χ2n) is 5.74. The molecule has 1 saturated carbocycles. The molecule has 0 radical (unpaired) electrons. The molecule has 16 heavy (non-hydrogen) atoms. The van der Waals surface area contributed by atoms with Crippen LogP contribution >= 0.6 is 0 Å². The van der Waals surface area contributed by atoms with Gasteiger partial charge in [-0.05, 0) is 44.6 Å². The van der Waals surface area contributed by atoms with E-state index in [2.05, 4.69) is 31.0 Å². The molecular weight excluding hydrogens is 196 g/mol. The summed E-state index contributed by atoms with van der Waals surface area (Å²) in [6.07, 6.45) is 6.77. The van der Waals surface area contributed by atoms with Crippen LogP contribution in [0.25, 0.3) is 0 Å². The molecule has 0 aromatic carbocycles. The molecule has 1 aliphatic heterocycles. The first-order valence-corrected chi connectivity index (χ1v) is 7.23. The van der Waals surface area contributed by atoms with E-state index in [1.54, 1.807) is 0 Å². The van der Waals surface area contributed by atoms with Crippen LogP contribution in [0.15, 0.2) is 0 Å². The van der Waals surface area contributed by atoms with Crippen molar-refractivity contribution < 1.29 is 0 Å². The highest BCUT2D eigenvalue weighted by molar-refractivity contribution is 5.00. The minimum absolute atomic E-state index is 0.403. The van der Waals surface area contributed by atoms with Crippen LogP contribution in [0.4, 0.5) is 0 Å². The van der Waals surface area contributed by atoms with Gasteiger partial charge in [0, 0.05) is 24.7 Å². The van der Waals surface area contributed by atoms with Crippen molar-refractivity contribution in [1.82, 2.24) is 10.2 Å². The van der Waals surface area contributed by atoms with Crippen molar-refractivity contribution in [2.45, 2.75) is 64.5 Å². The lowest BCUT2D eigenvalue weighted by Crippen LogP contribution is -2.64. The van der Waals surface area contributed by atoms with Gasteiger partial charge in [-0.25, -0.2) is 0 Å². The Bertz CT molecular complexity index is 219. The van der Waals surface area contributed by atoms with Gasteiger partial charge < -0.3 is 5.32 Å². The third-order valence-corrected chi connectivity index (χ3v) is 4.69. The molecule has 0 spiro atoms. The van der Waals surface area contributed by atoms with Crippen LogP contribution in [0.5, 0.6) is 0 Å². The van der Waals surface area contributed by atoms with Crippen molar-refractivity contribution in [1.29, 1.82) is 0 Å². The van der Waals surface area contributed by atoms with E-state index < -0.39 is 0 Å². The predicted octanol–water partition coefficient (Wildman–Crippen LogP) is 2.64. The maximum absolute atomic E-state index is 3.85. The van der Waals surface area contributed by atoms with Crippen molar-refractivity contribution in [3.63, 3.8) is 0 Å². The molecule has 94 valence electrons. The summed E-state index contributed by atoms with van der Waals surface area (Å²) in [6, 6.07) is 0.839. The molecule has 2 fully saturated rings. The fraction of sp³-hybridized carbons (Fsp3) is 1.00. The van der Waals surface area contributed by atoms with E-state index >= 15 is 0 Å². The molecule has 0 aromatic heterocycles. The zero-order valence-electron chi connectivity index (χ0n) is 11.3. The third-order valence-electron chi connectivity index (χ3n) is 4.69. The van der Waals surface area contributed by atoms with Crippen LogP contribution in [-0.2, 0) is 0 Å². The quantitative estimate of drug-likeness (QED) is 0.772. The minimum Gasteiger partial charge on any atom is -0.308 e. The number of rotatable bonds is 5. The Morgan fingerprint density at radius 3 is 2.38 bits per heavy atom. The molecule has 2 aliphatic rings. The molecule has 2 rings (SSSR count). The first-order valence-electron chi connectivity index (χ1n) is 7.23. The predicted molar refractivity (Wildman–Crippen MR) is 69.7 cm³/mol. The topological polar surface area (TPSA) is 15.3 Å². The first kappa shape index (κ1) is 12.4. The minimum atomic E-state index is 0.403. The Labute approximate surface area is 101 Å². The van der Waals surface area contributed by atoms with Crippen LogP contribution in [0, 0.1) is 5.92 Å². The molecule has 2 nitrogen and oxygen atoms in total. The van der Waals surface area contributed by atoms with Gasteiger partial charge in [0.25, 0.3) is 0 Å². The van der Waals surface area contributed by atoms with Gasteiger partial charge in [-0.15, -0.1) is 0 Å². The average Bonchev–Trinajstić information content (AvgIpc) is 3.13. The van der Waals surface area contributed by atoms with Gasteiger partial charge in [-0.2, -0.15) is 0 Å². The monoisotopic (exact) mass is 224 g/mol. The summed E-state index contributed by atoms with van der Waals surface area (Å²) in [5, 5.41) is 3.85. The van der Waals surface area contributed by atoms with Gasteiger partial charge in [0.2, 0.25) is 0 Å². The van der Waals surface area contributed by atoms with Crippen LogP contribution < -0.4 is 5.32 Å². The van der Waals surface area contributed by atoms with E-state index in [0.29, 0.717) is 5.54 Å². The molecule has 1 unspecified atom stereocenters. The Balaban J connectivity index is 2.01. The second kappa shape index (κ2) is 5.05. The van der Waals surface area contributed by atoms with Crippen LogP contribution in [0.3, 0.4) is 0 Å². The molecule has 0 amide bonds. The van der Waals surface area contributed by atoms with Gasteiger partial charge in [0.1, 0.15) is 0 Å². The van der Waals surface area contributed by atoms with Crippen molar-refractivity contribution in [2.24, 2.45) is 5.92 Å². The van der Waals surface area contributed by atoms with Gasteiger partial charge in [0.05, 0.1) is 0 Å². The normalized spacial score (nSPS) is 30.6. The maximum Gasteiger partial charge on any atom is 0.0304 e. The van der Waals surface area contributed by atoms with Gasteiger partial charge in [-0.3, -0.25) is 4.90 Å². The van der Waals surface area contributed by atoms with E-state index in [0.717, 1.165) is 12.0 Å². The first-order chi connectivity index (χ1) is 7.74. The van der Waals surface area contributed by atoms with E-state index in [4.69, 9.17) is 0 Å².